The van der Waals surface area contributed by atoms with E-state index < -0.39 is 0 Å². The Labute approximate surface area is 131 Å². The number of nitrogens with zero attached hydrogens (tertiary/aromatic N) is 1. The van der Waals surface area contributed by atoms with Crippen molar-refractivity contribution in [3.8, 4) is 10.4 Å². The molecule has 3 aromatic rings. The highest BCUT2D eigenvalue weighted by molar-refractivity contribution is 7.13. The molecule has 0 amide bonds. The van der Waals surface area contributed by atoms with E-state index in [-0.39, 0.29) is 5.82 Å². The molecule has 0 bridgehead atoms. The van der Waals surface area contributed by atoms with Gasteiger partial charge in [0.2, 0.25) is 0 Å². The molecule has 21 heavy (non-hydrogen) atoms. The largest absolute Gasteiger partial charge is 0.306 e. The fourth-order valence-electron chi connectivity index (χ4n) is 2.10. The summed E-state index contributed by atoms with van der Waals surface area (Å²) < 4.78 is 13.9. The van der Waals surface area contributed by atoms with Crippen LogP contribution in [0.5, 0.6) is 0 Å². The van der Waals surface area contributed by atoms with Gasteiger partial charge in [-0.3, -0.25) is 0 Å². The molecule has 2 nitrogen and oxygen atoms in total. The molecule has 0 radical (unpaired) electrons. The molecule has 108 valence electrons. The van der Waals surface area contributed by atoms with Gasteiger partial charge in [0.1, 0.15) is 10.8 Å². The number of hydrogen-bond donors (Lipinski definition) is 1. The second kappa shape index (κ2) is 6.47. The molecule has 0 saturated carbocycles. The Bertz CT molecular complexity index is 720. The third-order valence-electron chi connectivity index (χ3n) is 3.09. The maximum atomic E-state index is 13.9. The normalized spacial score (nSPS) is 11.0. The fourth-order valence-corrected chi connectivity index (χ4v) is 3.59. The average molecular weight is 318 g/mol. The Morgan fingerprint density at radius 1 is 1.19 bits per heavy atom. The van der Waals surface area contributed by atoms with Crippen LogP contribution in [0.3, 0.4) is 0 Å². The molecule has 3 rings (SSSR count). The van der Waals surface area contributed by atoms with Gasteiger partial charge in [-0.25, -0.2) is 9.37 Å². The fraction of sp³-hybridized carbons (Fsp3) is 0.188. The van der Waals surface area contributed by atoms with Gasteiger partial charge in [0.25, 0.3) is 0 Å². The highest BCUT2D eigenvalue weighted by Gasteiger charge is 2.07. The van der Waals surface area contributed by atoms with Crippen molar-refractivity contribution in [3.63, 3.8) is 0 Å². The predicted molar refractivity (Wildman–Crippen MR) is 87.1 cm³/mol. The first-order chi connectivity index (χ1) is 10.2. The van der Waals surface area contributed by atoms with E-state index in [0.717, 1.165) is 27.7 Å². The number of aryl methyl sites for hydroxylation is 1. The maximum Gasteiger partial charge on any atom is 0.131 e. The van der Waals surface area contributed by atoms with Crippen LogP contribution >= 0.6 is 22.7 Å². The average Bonchev–Trinajstić information content (AvgIpc) is 3.12. The second-order valence-corrected chi connectivity index (χ2v) is 6.67. The van der Waals surface area contributed by atoms with Crippen molar-refractivity contribution >= 4 is 22.7 Å². The lowest BCUT2D eigenvalue weighted by Gasteiger charge is -2.06. The van der Waals surface area contributed by atoms with Gasteiger partial charge in [-0.05, 0) is 36.1 Å². The Morgan fingerprint density at radius 2 is 2.10 bits per heavy atom. The number of nitrogens with one attached hydrogen (secondary N) is 1. The van der Waals surface area contributed by atoms with Crippen LogP contribution in [0, 0.1) is 12.7 Å². The summed E-state index contributed by atoms with van der Waals surface area (Å²) in [6.07, 6.45) is 0. The Morgan fingerprint density at radius 3 is 2.81 bits per heavy atom. The van der Waals surface area contributed by atoms with Gasteiger partial charge in [0.15, 0.2) is 0 Å². The van der Waals surface area contributed by atoms with Crippen molar-refractivity contribution in [1.29, 1.82) is 0 Å². The summed E-state index contributed by atoms with van der Waals surface area (Å²) in [5.74, 6) is -0.170. The van der Waals surface area contributed by atoms with E-state index in [2.05, 4.69) is 10.3 Å². The van der Waals surface area contributed by atoms with Crippen molar-refractivity contribution in [2.24, 2.45) is 0 Å². The molecule has 2 aromatic heterocycles. The number of rotatable bonds is 5. The topological polar surface area (TPSA) is 24.9 Å². The minimum absolute atomic E-state index is 0.170. The smallest absolute Gasteiger partial charge is 0.131 e. The molecule has 1 aromatic carbocycles. The standard InChI is InChI=1S/C16H15FN2S2/c1-11-10-21-16(19-11)9-18-8-12-4-5-14(17)13(7-12)15-3-2-6-20-15/h2-7,10,18H,8-9H2,1H3. The van der Waals surface area contributed by atoms with E-state index in [1.54, 1.807) is 28.7 Å². The van der Waals surface area contributed by atoms with Gasteiger partial charge in [0, 0.05) is 34.6 Å². The van der Waals surface area contributed by atoms with E-state index in [1.165, 1.54) is 0 Å². The number of aromatic nitrogens is 1. The third-order valence-corrected chi connectivity index (χ3v) is 4.96. The third kappa shape index (κ3) is 3.56. The van der Waals surface area contributed by atoms with E-state index in [4.69, 9.17) is 0 Å². The van der Waals surface area contributed by atoms with Crippen molar-refractivity contribution < 1.29 is 4.39 Å². The van der Waals surface area contributed by atoms with E-state index in [0.29, 0.717) is 12.1 Å². The Balaban J connectivity index is 1.67. The summed E-state index contributed by atoms with van der Waals surface area (Å²) in [4.78, 5) is 5.37. The van der Waals surface area contributed by atoms with Gasteiger partial charge in [-0.1, -0.05) is 12.1 Å². The quantitative estimate of drug-likeness (QED) is 0.743. The molecule has 0 aliphatic rings. The Hall–Kier alpha value is -1.56. The lowest BCUT2D eigenvalue weighted by Crippen LogP contribution is -2.12. The van der Waals surface area contributed by atoms with E-state index >= 15 is 0 Å². The summed E-state index contributed by atoms with van der Waals surface area (Å²) >= 11 is 3.21. The lowest BCUT2D eigenvalue weighted by molar-refractivity contribution is 0.628. The second-order valence-electron chi connectivity index (χ2n) is 4.78. The molecule has 0 spiro atoms. The highest BCUT2D eigenvalue weighted by atomic mass is 32.1. The van der Waals surface area contributed by atoms with Gasteiger partial charge >= 0.3 is 0 Å². The summed E-state index contributed by atoms with van der Waals surface area (Å²) in [5.41, 5.74) is 2.81. The monoisotopic (exact) mass is 318 g/mol. The number of hydrogen-bond acceptors (Lipinski definition) is 4. The minimum atomic E-state index is -0.170. The van der Waals surface area contributed by atoms with Crippen LogP contribution in [0.2, 0.25) is 0 Å². The Kier molecular flexibility index (Phi) is 4.43. The molecular formula is C16H15FN2S2. The maximum absolute atomic E-state index is 13.9. The minimum Gasteiger partial charge on any atom is -0.306 e. The first-order valence-corrected chi connectivity index (χ1v) is 8.42. The van der Waals surface area contributed by atoms with Gasteiger partial charge in [-0.15, -0.1) is 22.7 Å². The van der Waals surface area contributed by atoms with Gasteiger partial charge in [-0.2, -0.15) is 0 Å². The van der Waals surface area contributed by atoms with Crippen LogP contribution in [-0.4, -0.2) is 4.98 Å². The highest BCUT2D eigenvalue weighted by Crippen LogP contribution is 2.28. The van der Waals surface area contributed by atoms with Crippen LogP contribution in [0.15, 0.2) is 41.1 Å². The molecule has 0 aliphatic carbocycles. The summed E-state index contributed by atoms with van der Waals surface area (Å²) in [6, 6.07) is 9.17. The van der Waals surface area contributed by atoms with Crippen molar-refractivity contribution in [2.75, 3.05) is 0 Å². The predicted octanol–water partition coefficient (Wildman–Crippen LogP) is 4.61. The molecule has 1 N–H and O–H groups in total. The van der Waals surface area contributed by atoms with Crippen molar-refractivity contribution in [2.45, 2.75) is 20.0 Å². The zero-order chi connectivity index (χ0) is 14.7. The molecule has 0 atom stereocenters. The molecule has 5 heteroatoms. The van der Waals surface area contributed by atoms with Gasteiger partial charge < -0.3 is 5.32 Å². The number of thiophene rings is 1. The summed E-state index contributed by atoms with van der Waals surface area (Å²) in [6.45, 7) is 3.44. The van der Waals surface area contributed by atoms with E-state index in [1.807, 2.05) is 41.9 Å². The number of halogens is 1. The molecule has 0 unspecified atom stereocenters. The van der Waals surface area contributed by atoms with Crippen molar-refractivity contribution in [1.82, 2.24) is 10.3 Å². The molecule has 0 fully saturated rings. The summed E-state index contributed by atoms with van der Waals surface area (Å²) in [7, 11) is 0. The first-order valence-electron chi connectivity index (χ1n) is 6.66. The summed E-state index contributed by atoms with van der Waals surface area (Å²) in [5, 5.41) is 8.44. The number of thiazole rings is 1. The molecule has 2 heterocycles. The van der Waals surface area contributed by atoms with Crippen molar-refractivity contribution in [3.05, 3.63) is 63.2 Å². The van der Waals surface area contributed by atoms with Crippen LogP contribution < -0.4 is 5.32 Å². The van der Waals surface area contributed by atoms with Gasteiger partial charge in [0.05, 0.1) is 0 Å². The van der Waals surface area contributed by atoms with Crippen LogP contribution in [-0.2, 0) is 13.1 Å². The van der Waals surface area contributed by atoms with Crippen LogP contribution in [0.1, 0.15) is 16.3 Å². The molecule has 0 aliphatic heterocycles. The lowest BCUT2D eigenvalue weighted by atomic mass is 10.1. The zero-order valence-electron chi connectivity index (χ0n) is 11.6. The van der Waals surface area contributed by atoms with Crippen LogP contribution in [0.4, 0.5) is 4.39 Å². The van der Waals surface area contributed by atoms with Crippen LogP contribution in [0.25, 0.3) is 10.4 Å². The van der Waals surface area contributed by atoms with E-state index in [9.17, 15) is 4.39 Å². The first kappa shape index (κ1) is 14.4. The molecule has 0 saturated heterocycles. The number of benzene rings is 1. The SMILES string of the molecule is Cc1csc(CNCc2ccc(F)c(-c3cccs3)c2)n1. The zero-order valence-corrected chi connectivity index (χ0v) is 13.2. The molecular weight excluding hydrogens is 303 g/mol.